The Balaban J connectivity index is 3.05. The van der Waals surface area contributed by atoms with Crippen molar-refractivity contribution in [1.29, 1.82) is 0 Å². The lowest BCUT2D eigenvalue weighted by Gasteiger charge is -2.02. The summed E-state index contributed by atoms with van der Waals surface area (Å²) < 4.78 is 0. The van der Waals surface area contributed by atoms with Crippen molar-refractivity contribution in [3.8, 4) is 0 Å². The van der Waals surface area contributed by atoms with Gasteiger partial charge in [0.2, 0.25) is 5.91 Å². The van der Waals surface area contributed by atoms with Crippen LogP contribution in [0, 0.1) is 0 Å². The van der Waals surface area contributed by atoms with Gasteiger partial charge in [0.15, 0.2) is 0 Å². The minimum Gasteiger partial charge on any atom is -0.370 e. The van der Waals surface area contributed by atoms with Crippen LogP contribution in [-0.2, 0) is 4.79 Å². The van der Waals surface area contributed by atoms with Crippen molar-refractivity contribution in [3.05, 3.63) is 12.2 Å². The first-order valence-corrected chi connectivity index (χ1v) is 11.2. The zero-order valence-electron chi connectivity index (χ0n) is 17.1. The maximum absolute atomic E-state index is 10.6. The van der Waals surface area contributed by atoms with E-state index < -0.39 is 0 Å². The molecule has 0 rings (SSSR count). The Morgan fingerprint density at radius 1 is 0.600 bits per heavy atom. The zero-order chi connectivity index (χ0) is 18.4. The van der Waals surface area contributed by atoms with Crippen molar-refractivity contribution < 1.29 is 4.79 Å². The van der Waals surface area contributed by atoms with Crippen LogP contribution in [-0.4, -0.2) is 5.91 Å². The predicted molar refractivity (Wildman–Crippen MR) is 112 cm³/mol. The SMILES string of the molecule is CCCCCCC/C=C\CCCCCCCCCCCCCC(N)=O. The van der Waals surface area contributed by atoms with Gasteiger partial charge in [-0.05, 0) is 32.1 Å². The number of hydrogen-bond donors (Lipinski definition) is 1. The molecule has 0 aromatic carbocycles. The predicted octanol–water partition coefficient (Wildman–Crippen LogP) is 7.46. The molecule has 0 aliphatic carbocycles. The lowest BCUT2D eigenvalue weighted by molar-refractivity contribution is -0.118. The van der Waals surface area contributed by atoms with Crippen LogP contribution in [0.15, 0.2) is 12.2 Å². The molecule has 0 aromatic rings. The van der Waals surface area contributed by atoms with Crippen LogP contribution >= 0.6 is 0 Å². The molecule has 0 saturated carbocycles. The van der Waals surface area contributed by atoms with Gasteiger partial charge in [0.05, 0.1) is 0 Å². The van der Waals surface area contributed by atoms with E-state index in [0.717, 1.165) is 12.8 Å². The van der Waals surface area contributed by atoms with Crippen LogP contribution in [0.25, 0.3) is 0 Å². The molecule has 0 aliphatic rings. The monoisotopic (exact) mass is 351 g/mol. The smallest absolute Gasteiger partial charge is 0.217 e. The molecule has 2 heteroatoms. The molecule has 2 N–H and O–H groups in total. The fourth-order valence-electron chi connectivity index (χ4n) is 3.25. The van der Waals surface area contributed by atoms with Crippen LogP contribution in [0.1, 0.15) is 129 Å². The van der Waals surface area contributed by atoms with Crippen molar-refractivity contribution in [2.75, 3.05) is 0 Å². The van der Waals surface area contributed by atoms with Crippen LogP contribution in [0.5, 0.6) is 0 Å². The lowest BCUT2D eigenvalue weighted by atomic mass is 10.0. The van der Waals surface area contributed by atoms with Gasteiger partial charge in [-0.15, -0.1) is 0 Å². The highest BCUT2D eigenvalue weighted by Crippen LogP contribution is 2.13. The molecule has 0 spiro atoms. The molecular formula is C23H45NO. The average molecular weight is 352 g/mol. The van der Waals surface area contributed by atoms with E-state index in [1.807, 2.05) is 0 Å². The number of allylic oxidation sites excluding steroid dienone is 2. The molecule has 25 heavy (non-hydrogen) atoms. The standard InChI is InChI=1S/C23H45NO/c1-2-3-4-5-6-7-8-9-10-11-12-13-14-15-16-17-18-19-20-21-22-23(24)25/h8-9H,2-7,10-22H2,1H3,(H2,24,25)/b9-8-. The van der Waals surface area contributed by atoms with Crippen molar-refractivity contribution in [2.24, 2.45) is 5.73 Å². The Morgan fingerprint density at radius 3 is 1.36 bits per heavy atom. The third-order valence-corrected chi connectivity index (χ3v) is 4.93. The number of amides is 1. The van der Waals surface area contributed by atoms with Gasteiger partial charge in [-0.1, -0.05) is 103 Å². The number of unbranched alkanes of at least 4 members (excludes halogenated alkanes) is 16. The van der Waals surface area contributed by atoms with Crippen molar-refractivity contribution in [3.63, 3.8) is 0 Å². The fourth-order valence-corrected chi connectivity index (χ4v) is 3.25. The fraction of sp³-hybridized carbons (Fsp3) is 0.870. The first kappa shape index (κ1) is 24.2. The van der Waals surface area contributed by atoms with Gasteiger partial charge in [-0.2, -0.15) is 0 Å². The van der Waals surface area contributed by atoms with Crippen molar-refractivity contribution in [1.82, 2.24) is 0 Å². The summed E-state index contributed by atoms with van der Waals surface area (Å²) in [4.78, 5) is 10.6. The maximum atomic E-state index is 10.6. The first-order valence-electron chi connectivity index (χ1n) is 11.2. The highest BCUT2D eigenvalue weighted by Gasteiger charge is 1.95. The van der Waals surface area contributed by atoms with E-state index in [4.69, 9.17) is 5.73 Å². The van der Waals surface area contributed by atoms with E-state index in [-0.39, 0.29) is 5.91 Å². The minimum atomic E-state index is -0.155. The average Bonchev–Trinajstić information content (AvgIpc) is 2.60. The summed E-state index contributed by atoms with van der Waals surface area (Å²) in [5.74, 6) is -0.155. The number of rotatable bonds is 20. The highest BCUT2D eigenvalue weighted by atomic mass is 16.1. The molecule has 0 saturated heterocycles. The molecule has 148 valence electrons. The second-order valence-corrected chi connectivity index (χ2v) is 7.57. The first-order chi connectivity index (χ1) is 12.3. The maximum Gasteiger partial charge on any atom is 0.217 e. The van der Waals surface area contributed by atoms with Gasteiger partial charge in [-0.3, -0.25) is 4.79 Å². The molecule has 0 fully saturated rings. The molecule has 2 nitrogen and oxygen atoms in total. The summed E-state index contributed by atoms with van der Waals surface area (Å²) in [5, 5.41) is 0. The quantitative estimate of drug-likeness (QED) is 0.179. The zero-order valence-corrected chi connectivity index (χ0v) is 17.1. The van der Waals surface area contributed by atoms with Gasteiger partial charge >= 0.3 is 0 Å². The van der Waals surface area contributed by atoms with Crippen LogP contribution in [0.3, 0.4) is 0 Å². The topological polar surface area (TPSA) is 43.1 Å². The van der Waals surface area contributed by atoms with E-state index in [2.05, 4.69) is 19.1 Å². The normalized spacial score (nSPS) is 11.4. The molecule has 0 bridgehead atoms. The van der Waals surface area contributed by atoms with E-state index in [1.165, 1.54) is 103 Å². The van der Waals surface area contributed by atoms with Crippen LogP contribution in [0.2, 0.25) is 0 Å². The molecule has 0 atom stereocenters. The van der Waals surface area contributed by atoms with Gasteiger partial charge in [0.25, 0.3) is 0 Å². The molecule has 0 aliphatic heterocycles. The molecule has 1 amide bonds. The summed E-state index contributed by atoms with van der Waals surface area (Å²) in [5.41, 5.74) is 5.13. The summed E-state index contributed by atoms with van der Waals surface area (Å²) in [6, 6.07) is 0. The summed E-state index contributed by atoms with van der Waals surface area (Å²) in [6.45, 7) is 2.27. The van der Waals surface area contributed by atoms with E-state index >= 15 is 0 Å². The van der Waals surface area contributed by atoms with Gasteiger partial charge in [-0.25, -0.2) is 0 Å². The lowest BCUT2D eigenvalue weighted by Crippen LogP contribution is -2.09. The minimum absolute atomic E-state index is 0.155. The second kappa shape index (κ2) is 21.3. The second-order valence-electron chi connectivity index (χ2n) is 7.57. The number of carbonyl (C=O) groups excluding carboxylic acids is 1. The number of hydrogen-bond acceptors (Lipinski definition) is 1. The number of primary amides is 1. The molecule has 0 unspecified atom stereocenters. The third-order valence-electron chi connectivity index (χ3n) is 4.93. The number of carbonyl (C=O) groups is 1. The largest absolute Gasteiger partial charge is 0.370 e. The molecule has 0 heterocycles. The van der Waals surface area contributed by atoms with Gasteiger partial charge in [0.1, 0.15) is 0 Å². The Bertz CT molecular complexity index is 298. The molecule has 0 radical (unpaired) electrons. The van der Waals surface area contributed by atoms with Crippen molar-refractivity contribution >= 4 is 5.91 Å². The molecule has 0 aromatic heterocycles. The van der Waals surface area contributed by atoms with E-state index in [0.29, 0.717) is 6.42 Å². The Kier molecular flexibility index (Phi) is 20.6. The van der Waals surface area contributed by atoms with Crippen LogP contribution < -0.4 is 5.73 Å². The van der Waals surface area contributed by atoms with Crippen molar-refractivity contribution in [2.45, 2.75) is 129 Å². The Hall–Kier alpha value is -0.790. The van der Waals surface area contributed by atoms with Crippen LogP contribution in [0.4, 0.5) is 0 Å². The van der Waals surface area contributed by atoms with E-state index in [1.54, 1.807) is 0 Å². The Morgan fingerprint density at radius 2 is 0.960 bits per heavy atom. The van der Waals surface area contributed by atoms with E-state index in [9.17, 15) is 4.79 Å². The van der Waals surface area contributed by atoms with Gasteiger partial charge in [0, 0.05) is 6.42 Å². The van der Waals surface area contributed by atoms with Gasteiger partial charge < -0.3 is 5.73 Å². The third kappa shape index (κ3) is 23.2. The summed E-state index contributed by atoms with van der Waals surface area (Å²) >= 11 is 0. The highest BCUT2D eigenvalue weighted by molar-refractivity contribution is 5.73. The Labute approximate surface area is 158 Å². The molecular weight excluding hydrogens is 306 g/mol. The number of nitrogens with two attached hydrogens (primary N) is 1. The summed E-state index contributed by atoms with van der Waals surface area (Å²) in [6.07, 6.45) is 29.3. The summed E-state index contributed by atoms with van der Waals surface area (Å²) in [7, 11) is 0.